The average molecular weight is 413 g/mol. The third kappa shape index (κ3) is 3.84. The molecule has 8 nitrogen and oxygen atoms in total. The smallest absolute Gasteiger partial charge is 0.219 e. The van der Waals surface area contributed by atoms with Gasteiger partial charge in [-0.15, -0.1) is 0 Å². The molecule has 1 saturated heterocycles. The molecular weight excluding hydrogens is 390 g/mol. The van der Waals surface area contributed by atoms with Crippen molar-refractivity contribution in [1.29, 1.82) is 0 Å². The van der Waals surface area contributed by atoms with Crippen LogP contribution in [-0.4, -0.2) is 53.4 Å². The molecule has 1 amide bonds. The zero-order chi connectivity index (χ0) is 21.4. The highest BCUT2D eigenvalue weighted by Gasteiger charge is 2.26. The van der Waals surface area contributed by atoms with Crippen molar-refractivity contribution in [3.05, 3.63) is 61.4 Å². The average Bonchev–Trinajstić information content (AvgIpc) is 3.54. The van der Waals surface area contributed by atoms with Gasteiger partial charge in [-0.25, -0.2) is 9.97 Å². The second-order valence-corrected chi connectivity index (χ2v) is 7.90. The summed E-state index contributed by atoms with van der Waals surface area (Å²) in [6.07, 6.45) is 12.3. The van der Waals surface area contributed by atoms with Crippen LogP contribution in [0.3, 0.4) is 0 Å². The lowest BCUT2D eigenvalue weighted by Crippen LogP contribution is -2.26. The molecular formula is C23H23N7O. The molecule has 1 fully saturated rings. The van der Waals surface area contributed by atoms with Crippen LogP contribution in [0.5, 0.6) is 0 Å². The van der Waals surface area contributed by atoms with E-state index in [2.05, 4.69) is 32.3 Å². The summed E-state index contributed by atoms with van der Waals surface area (Å²) in [6, 6.07) is 8.36. The Labute approximate surface area is 180 Å². The Hall–Kier alpha value is -3.81. The molecule has 3 aromatic heterocycles. The number of carbonyl (C=O) groups is 1. The SMILES string of the molecule is CC(=O)N1CCC(n2cc(-c3cnc(-c4cccc(-c5cnn(C)c5)c4)nc3)cn2)C1. The second kappa shape index (κ2) is 7.79. The minimum atomic E-state index is 0.117. The Bertz CT molecular complexity index is 1220. The summed E-state index contributed by atoms with van der Waals surface area (Å²) in [5.74, 6) is 0.793. The van der Waals surface area contributed by atoms with Crippen molar-refractivity contribution in [3.63, 3.8) is 0 Å². The molecule has 0 saturated carbocycles. The lowest BCUT2D eigenvalue weighted by Gasteiger charge is -2.13. The Balaban J connectivity index is 1.34. The van der Waals surface area contributed by atoms with Crippen molar-refractivity contribution in [2.45, 2.75) is 19.4 Å². The van der Waals surface area contributed by atoms with Gasteiger partial charge in [-0.3, -0.25) is 14.2 Å². The van der Waals surface area contributed by atoms with Crippen LogP contribution in [0.15, 0.2) is 61.4 Å². The molecule has 31 heavy (non-hydrogen) atoms. The summed E-state index contributed by atoms with van der Waals surface area (Å²) >= 11 is 0. The lowest BCUT2D eigenvalue weighted by molar-refractivity contribution is -0.127. The minimum Gasteiger partial charge on any atom is -0.341 e. The quantitative estimate of drug-likeness (QED) is 0.513. The van der Waals surface area contributed by atoms with Crippen molar-refractivity contribution >= 4 is 5.91 Å². The van der Waals surface area contributed by atoms with Crippen molar-refractivity contribution < 1.29 is 4.79 Å². The molecule has 0 aliphatic carbocycles. The molecule has 1 aliphatic heterocycles. The number of nitrogens with zero attached hydrogens (tertiary/aromatic N) is 7. The van der Waals surface area contributed by atoms with E-state index < -0.39 is 0 Å². The molecule has 1 aliphatic rings. The highest BCUT2D eigenvalue weighted by atomic mass is 16.2. The zero-order valence-corrected chi connectivity index (χ0v) is 17.5. The summed E-state index contributed by atoms with van der Waals surface area (Å²) in [7, 11) is 1.91. The maximum atomic E-state index is 11.6. The van der Waals surface area contributed by atoms with Gasteiger partial charge in [0.15, 0.2) is 5.82 Å². The summed E-state index contributed by atoms with van der Waals surface area (Å²) in [5.41, 5.74) is 4.98. The van der Waals surface area contributed by atoms with Gasteiger partial charge in [0.05, 0.1) is 18.4 Å². The van der Waals surface area contributed by atoms with Gasteiger partial charge >= 0.3 is 0 Å². The summed E-state index contributed by atoms with van der Waals surface area (Å²) in [5, 5.41) is 8.75. The number of amides is 1. The molecule has 1 atom stereocenters. The second-order valence-electron chi connectivity index (χ2n) is 7.90. The van der Waals surface area contributed by atoms with Crippen molar-refractivity contribution in [1.82, 2.24) is 34.4 Å². The predicted molar refractivity (Wildman–Crippen MR) is 117 cm³/mol. The first kappa shape index (κ1) is 19.2. The van der Waals surface area contributed by atoms with Gasteiger partial charge in [0.1, 0.15) is 0 Å². The molecule has 0 N–H and O–H groups in total. The van der Waals surface area contributed by atoms with E-state index in [-0.39, 0.29) is 11.9 Å². The van der Waals surface area contributed by atoms with Crippen LogP contribution >= 0.6 is 0 Å². The predicted octanol–water partition coefficient (Wildman–Crippen LogP) is 3.20. The van der Waals surface area contributed by atoms with Crippen LogP contribution < -0.4 is 0 Å². The monoisotopic (exact) mass is 413 g/mol. The molecule has 0 bridgehead atoms. The molecule has 156 valence electrons. The standard InChI is InChI=1S/C23H23N7O/c1-16(31)29-7-6-22(15-29)30-14-21(12-27-30)19-9-24-23(25-10-19)18-5-3-4-17(8-18)20-11-26-28(2)13-20/h3-5,8-14,22H,6-7,15H2,1-2H3. The fourth-order valence-electron chi connectivity index (χ4n) is 3.96. The first-order chi connectivity index (χ1) is 15.1. The van der Waals surface area contributed by atoms with Crippen LogP contribution in [0.1, 0.15) is 19.4 Å². The molecule has 0 spiro atoms. The Morgan fingerprint density at radius 2 is 1.68 bits per heavy atom. The number of hydrogen-bond acceptors (Lipinski definition) is 5. The van der Waals surface area contributed by atoms with E-state index >= 15 is 0 Å². The number of rotatable bonds is 4. The Kier molecular flexibility index (Phi) is 4.82. The molecule has 1 aromatic carbocycles. The fourth-order valence-corrected chi connectivity index (χ4v) is 3.96. The number of benzene rings is 1. The number of aryl methyl sites for hydroxylation is 1. The largest absolute Gasteiger partial charge is 0.341 e. The molecule has 4 heterocycles. The van der Waals surface area contributed by atoms with Crippen LogP contribution in [0.2, 0.25) is 0 Å². The van der Waals surface area contributed by atoms with Crippen molar-refractivity contribution in [2.24, 2.45) is 7.05 Å². The highest BCUT2D eigenvalue weighted by Crippen LogP contribution is 2.27. The summed E-state index contributed by atoms with van der Waals surface area (Å²) < 4.78 is 3.74. The van der Waals surface area contributed by atoms with Crippen LogP contribution in [-0.2, 0) is 11.8 Å². The van der Waals surface area contributed by atoms with Crippen LogP contribution in [0.25, 0.3) is 33.6 Å². The Morgan fingerprint density at radius 3 is 2.39 bits per heavy atom. The topological polar surface area (TPSA) is 81.7 Å². The van der Waals surface area contributed by atoms with E-state index in [1.54, 1.807) is 11.6 Å². The molecule has 1 unspecified atom stereocenters. The maximum absolute atomic E-state index is 11.6. The normalized spacial score (nSPS) is 16.1. The highest BCUT2D eigenvalue weighted by molar-refractivity contribution is 5.73. The number of aromatic nitrogens is 6. The third-order valence-corrected chi connectivity index (χ3v) is 5.73. The third-order valence-electron chi connectivity index (χ3n) is 5.73. The van der Waals surface area contributed by atoms with Crippen molar-refractivity contribution in [3.8, 4) is 33.6 Å². The van der Waals surface area contributed by atoms with Crippen LogP contribution in [0, 0.1) is 0 Å². The number of carbonyl (C=O) groups excluding carboxylic acids is 1. The number of likely N-dealkylation sites (tertiary alicyclic amines) is 1. The zero-order valence-electron chi connectivity index (χ0n) is 17.5. The first-order valence-electron chi connectivity index (χ1n) is 10.3. The van der Waals surface area contributed by atoms with Gasteiger partial charge in [-0.2, -0.15) is 10.2 Å². The maximum Gasteiger partial charge on any atom is 0.219 e. The molecule has 0 radical (unpaired) electrons. The minimum absolute atomic E-state index is 0.117. The van der Waals surface area contributed by atoms with Crippen LogP contribution in [0.4, 0.5) is 0 Å². The molecule has 5 rings (SSSR count). The fraction of sp³-hybridized carbons (Fsp3) is 0.261. The Morgan fingerprint density at radius 1 is 0.935 bits per heavy atom. The first-order valence-corrected chi connectivity index (χ1v) is 10.3. The lowest BCUT2D eigenvalue weighted by atomic mass is 10.1. The van der Waals surface area contributed by atoms with Gasteiger partial charge in [0.25, 0.3) is 0 Å². The summed E-state index contributed by atoms with van der Waals surface area (Å²) in [6.45, 7) is 3.10. The van der Waals surface area contributed by atoms with Gasteiger partial charge in [-0.05, 0) is 18.1 Å². The number of hydrogen-bond donors (Lipinski definition) is 0. The van der Waals surface area contributed by atoms with Gasteiger partial charge in [0.2, 0.25) is 5.91 Å². The van der Waals surface area contributed by atoms with E-state index in [0.717, 1.165) is 40.8 Å². The van der Waals surface area contributed by atoms with Gasteiger partial charge < -0.3 is 4.90 Å². The molecule has 4 aromatic rings. The van der Waals surface area contributed by atoms with E-state index in [9.17, 15) is 4.79 Å². The van der Waals surface area contributed by atoms with Gasteiger partial charge in [-0.1, -0.05) is 18.2 Å². The van der Waals surface area contributed by atoms with Crippen molar-refractivity contribution in [2.75, 3.05) is 13.1 Å². The van der Waals surface area contributed by atoms with E-state index in [1.165, 1.54) is 0 Å². The van der Waals surface area contributed by atoms with E-state index in [0.29, 0.717) is 12.4 Å². The molecule has 8 heteroatoms. The summed E-state index contributed by atoms with van der Waals surface area (Å²) in [4.78, 5) is 22.6. The van der Waals surface area contributed by atoms with E-state index in [4.69, 9.17) is 0 Å². The van der Waals surface area contributed by atoms with E-state index in [1.807, 2.05) is 65.9 Å². The van der Waals surface area contributed by atoms with Gasteiger partial charge in [0, 0.05) is 74.1 Å².